The van der Waals surface area contributed by atoms with E-state index < -0.39 is 12.0 Å². The van der Waals surface area contributed by atoms with Crippen LogP contribution in [0.1, 0.15) is 42.7 Å². The number of hydrogen-bond acceptors (Lipinski definition) is 3. The maximum absolute atomic E-state index is 12.2. The van der Waals surface area contributed by atoms with Gasteiger partial charge in [0.2, 0.25) is 5.91 Å². The number of rotatable bonds is 3. The van der Waals surface area contributed by atoms with Crippen LogP contribution < -0.4 is 0 Å². The SMILES string of the molecule is CC(C(=O)N1CCCCC1)n1cnc(C(=O)O)c1. The zero-order chi connectivity index (χ0) is 13.1. The van der Waals surface area contributed by atoms with Crippen molar-refractivity contribution in [2.75, 3.05) is 13.1 Å². The summed E-state index contributed by atoms with van der Waals surface area (Å²) in [5, 5.41) is 8.80. The lowest BCUT2D eigenvalue weighted by molar-refractivity contribution is -0.135. The van der Waals surface area contributed by atoms with E-state index in [4.69, 9.17) is 5.11 Å². The first kappa shape index (κ1) is 12.6. The lowest BCUT2D eigenvalue weighted by atomic mass is 10.1. The molecule has 1 atom stereocenters. The average molecular weight is 251 g/mol. The van der Waals surface area contributed by atoms with Crippen LogP contribution in [-0.2, 0) is 4.79 Å². The second kappa shape index (κ2) is 5.20. The Morgan fingerprint density at radius 1 is 1.33 bits per heavy atom. The molecule has 1 N–H and O–H groups in total. The summed E-state index contributed by atoms with van der Waals surface area (Å²) in [6, 6.07) is -0.399. The van der Waals surface area contributed by atoms with Crippen LogP contribution >= 0.6 is 0 Å². The van der Waals surface area contributed by atoms with Gasteiger partial charge < -0.3 is 14.6 Å². The normalized spacial score (nSPS) is 17.5. The van der Waals surface area contributed by atoms with E-state index >= 15 is 0 Å². The molecule has 1 aliphatic rings. The summed E-state index contributed by atoms with van der Waals surface area (Å²) in [5.41, 5.74) is -0.0340. The van der Waals surface area contributed by atoms with Crippen LogP contribution in [0.4, 0.5) is 0 Å². The highest BCUT2D eigenvalue weighted by atomic mass is 16.4. The fourth-order valence-corrected chi connectivity index (χ4v) is 2.17. The molecule has 0 saturated carbocycles. The van der Waals surface area contributed by atoms with E-state index in [1.807, 2.05) is 4.90 Å². The highest BCUT2D eigenvalue weighted by molar-refractivity contribution is 5.85. The van der Waals surface area contributed by atoms with E-state index in [0.717, 1.165) is 25.9 Å². The van der Waals surface area contributed by atoms with Gasteiger partial charge in [-0.05, 0) is 26.2 Å². The number of carboxylic acid groups (broad SMARTS) is 1. The molecule has 6 heteroatoms. The molecule has 2 rings (SSSR count). The molecule has 1 saturated heterocycles. The summed E-state index contributed by atoms with van der Waals surface area (Å²) in [6.45, 7) is 3.36. The van der Waals surface area contributed by atoms with E-state index in [0.29, 0.717) is 0 Å². The molecule has 1 aromatic rings. The minimum absolute atomic E-state index is 0.0315. The summed E-state index contributed by atoms with van der Waals surface area (Å²) in [7, 11) is 0. The maximum atomic E-state index is 12.2. The molecule has 1 amide bonds. The van der Waals surface area contributed by atoms with E-state index in [-0.39, 0.29) is 11.6 Å². The lowest BCUT2D eigenvalue weighted by Gasteiger charge is -2.29. The number of carbonyl (C=O) groups excluding carboxylic acids is 1. The van der Waals surface area contributed by atoms with Gasteiger partial charge in [-0.25, -0.2) is 9.78 Å². The van der Waals surface area contributed by atoms with Crippen molar-refractivity contribution in [3.8, 4) is 0 Å². The largest absolute Gasteiger partial charge is 0.476 e. The fraction of sp³-hybridized carbons (Fsp3) is 0.583. The van der Waals surface area contributed by atoms with Crippen LogP contribution in [0.5, 0.6) is 0 Å². The second-order valence-corrected chi connectivity index (χ2v) is 4.57. The van der Waals surface area contributed by atoms with Gasteiger partial charge in [0, 0.05) is 19.3 Å². The highest BCUT2D eigenvalue weighted by Gasteiger charge is 2.23. The van der Waals surface area contributed by atoms with Gasteiger partial charge in [-0.2, -0.15) is 0 Å². The molecule has 0 bridgehead atoms. The van der Waals surface area contributed by atoms with Crippen molar-refractivity contribution in [3.63, 3.8) is 0 Å². The van der Waals surface area contributed by atoms with Crippen LogP contribution in [0.3, 0.4) is 0 Å². The summed E-state index contributed by atoms with van der Waals surface area (Å²) >= 11 is 0. The molecule has 1 fully saturated rings. The van der Waals surface area contributed by atoms with Gasteiger partial charge in [0.25, 0.3) is 0 Å². The number of carbonyl (C=O) groups is 2. The standard InChI is InChI=1S/C12H17N3O3/c1-9(11(16)14-5-3-2-4-6-14)15-7-10(12(17)18)13-8-15/h7-9H,2-6H2,1H3,(H,17,18). The van der Waals surface area contributed by atoms with Crippen LogP contribution in [0, 0.1) is 0 Å². The molecule has 6 nitrogen and oxygen atoms in total. The number of hydrogen-bond donors (Lipinski definition) is 1. The molecular weight excluding hydrogens is 234 g/mol. The van der Waals surface area contributed by atoms with Crippen molar-refractivity contribution < 1.29 is 14.7 Å². The Morgan fingerprint density at radius 2 is 2.00 bits per heavy atom. The van der Waals surface area contributed by atoms with Crippen molar-refractivity contribution in [1.82, 2.24) is 14.5 Å². The Morgan fingerprint density at radius 3 is 2.56 bits per heavy atom. The highest BCUT2D eigenvalue weighted by Crippen LogP contribution is 2.16. The number of carboxylic acids is 1. The summed E-state index contributed by atoms with van der Waals surface area (Å²) in [5.74, 6) is -1.05. The topological polar surface area (TPSA) is 75.4 Å². The quantitative estimate of drug-likeness (QED) is 0.874. The van der Waals surface area contributed by atoms with Gasteiger partial charge in [-0.3, -0.25) is 4.79 Å². The van der Waals surface area contributed by atoms with Gasteiger partial charge in [0.1, 0.15) is 6.04 Å². The molecule has 0 aromatic carbocycles. The third kappa shape index (κ3) is 2.52. The fourth-order valence-electron chi connectivity index (χ4n) is 2.17. The first-order valence-corrected chi connectivity index (χ1v) is 6.15. The number of nitrogens with zero attached hydrogens (tertiary/aromatic N) is 3. The monoisotopic (exact) mass is 251 g/mol. The number of aromatic carboxylic acids is 1. The molecule has 1 aromatic heterocycles. The predicted octanol–water partition coefficient (Wildman–Crippen LogP) is 1.15. The van der Waals surface area contributed by atoms with Crippen LogP contribution in [-0.4, -0.2) is 44.5 Å². The van der Waals surface area contributed by atoms with Crippen LogP contribution in [0.15, 0.2) is 12.5 Å². The lowest BCUT2D eigenvalue weighted by Crippen LogP contribution is -2.39. The van der Waals surface area contributed by atoms with E-state index in [1.54, 1.807) is 11.5 Å². The zero-order valence-electron chi connectivity index (χ0n) is 10.4. The molecule has 2 heterocycles. The first-order valence-electron chi connectivity index (χ1n) is 6.15. The van der Waals surface area contributed by atoms with Crippen LogP contribution in [0.2, 0.25) is 0 Å². The number of likely N-dealkylation sites (tertiary alicyclic amines) is 1. The van der Waals surface area contributed by atoms with Gasteiger partial charge in [0.15, 0.2) is 5.69 Å². The molecule has 1 aliphatic heterocycles. The summed E-state index contributed by atoms with van der Waals surface area (Å²) in [6.07, 6.45) is 6.06. The molecule has 0 radical (unpaired) electrons. The van der Waals surface area contributed by atoms with E-state index in [1.165, 1.54) is 18.9 Å². The Balaban J connectivity index is 2.06. The molecular formula is C12H17N3O3. The summed E-state index contributed by atoms with van der Waals surface area (Å²) < 4.78 is 1.56. The van der Waals surface area contributed by atoms with Crippen molar-refractivity contribution in [3.05, 3.63) is 18.2 Å². The Bertz CT molecular complexity index is 449. The van der Waals surface area contributed by atoms with Gasteiger partial charge in [-0.1, -0.05) is 0 Å². The molecule has 0 spiro atoms. The Kier molecular flexibility index (Phi) is 3.64. The smallest absolute Gasteiger partial charge is 0.356 e. The van der Waals surface area contributed by atoms with Crippen molar-refractivity contribution in [2.45, 2.75) is 32.2 Å². The first-order chi connectivity index (χ1) is 8.59. The zero-order valence-corrected chi connectivity index (χ0v) is 10.4. The Labute approximate surface area is 105 Å². The van der Waals surface area contributed by atoms with Crippen molar-refractivity contribution in [2.24, 2.45) is 0 Å². The van der Waals surface area contributed by atoms with Gasteiger partial charge in [0.05, 0.1) is 6.33 Å². The number of imidazole rings is 1. The van der Waals surface area contributed by atoms with Gasteiger partial charge in [-0.15, -0.1) is 0 Å². The number of amides is 1. The minimum atomic E-state index is -1.08. The third-order valence-corrected chi connectivity index (χ3v) is 3.29. The van der Waals surface area contributed by atoms with E-state index in [9.17, 15) is 9.59 Å². The van der Waals surface area contributed by atoms with Crippen molar-refractivity contribution >= 4 is 11.9 Å². The van der Waals surface area contributed by atoms with E-state index in [2.05, 4.69) is 4.98 Å². The van der Waals surface area contributed by atoms with Crippen molar-refractivity contribution in [1.29, 1.82) is 0 Å². The predicted molar refractivity (Wildman–Crippen MR) is 64.3 cm³/mol. The molecule has 1 unspecified atom stereocenters. The third-order valence-electron chi connectivity index (χ3n) is 3.29. The second-order valence-electron chi connectivity index (χ2n) is 4.57. The molecule has 18 heavy (non-hydrogen) atoms. The molecule has 0 aliphatic carbocycles. The molecule has 98 valence electrons. The van der Waals surface area contributed by atoms with Crippen LogP contribution in [0.25, 0.3) is 0 Å². The minimum Gasteiger partial charge on any atom is -0.476 e. The van der Waals surface area contributed by atoms with Gasteiger partial charge >= 0.3 is 5.97 Å². The maximum Gasteiger partial charge on any atom is 0.356 e. The Hall–Kier alpha value is -1.85. The average Bonchev–Trinajstić information content (AvgIpc) is 2.88. The summed E-state index contributed by atoms with van der Waals surface area (Å²) in [4.78, 5) is 28.5. The number of aromatic nitrogens is 2. The number of piperidine rings is 1.